The summed E-state index contributed by atoms with van der Waals surface area (Å²) in [7, 11) is -2.13. The van der Waals surface area contributed by atoms with Crippen LogP contribution in [0.15, 0.2) is 77.1 Å². The van der Waals surface area contributed by atoms with Crippen molar-refractivity contribution in [2.24, 2.45) is 5.92 Å². The number of hydrogen-bond acceptors (Lipinski definition) is 9. The molecule has 1 atom stereocenters. The molecule has 10 nitrogen and oxygen atoms in total. The van der Waals surface area contributed by atoms with Crippen molar-refractivity contribution in [2.45, 2.75) is 17.7 Å². The number of ether oxygens (including phenoxy) is 1. The number of carbonyl (C=O) groups excluding carboxylic acids is 1. The lowest BCUT2D eigenvalue weighted by Crippen LogP contribution is -2.41. The third-order valence-electron chi connectivity index (χ3n) is 6.24. The SMILES string of the molecule is COc1ccccc1-c1ccc(N2CCCC(C(=O)Nc3ccc(S(=O)(=O)Nc4nccs4)cc3)C2)nn1. The zero-order valence-corrected chi connectivity index (χ0v) is 22.2. The summed E-state index contributed by atoms with van der Waals surface area (Å²) >= 11 is 1.20. The quantitative estimate of drug-likeness (QED) is 0.333. The van der Waals surface area contributed by atoms with Crippen LogP contribution in [0, 0.1) is 5.92 Å². The van der Waals surface area contributed by atoms with Gasteiger partial charge in [0.2, 0.25) is 5.91 Å². The number of anilines is 3. The zero-order chi connectivity index (χ0) is 26.5. The predicted molar refractivity (Wildman–Crippen MR) is 147 cm³/mol. The maximum Gasteiger partial charge on any atom is 0.263 e. The van der Waals surface area contributed by atoms with Crippen LogP contribution in [0.5, 0.6) is 5.75 Å². The highest BCUT2D eigenvalue weighted by Crippen LogP contribution is 2.29. The highest BCUT2D eigenvalue weighted by Gasteiger charge is 2.27. The van der Waals surface area contributed by atoms with E-state index in [1.165, 1.54) is 29.7 Å². The summed E-state index contributed by atoms with van der Waals surface area (Å²) in [6.45, 7) is 1.30. The van der Waals surface area contributed by atoms with Gasteiger partial charge in [0.1, 0.15) is 5.75 Å². The molecule has 12 heteroatoms. The Morgan fingerprint density at radius 2 is 1.89 bits per heavy atom. The minimum Gasteiger partial charge on any atom is -0.496 e. The first-order chi connectivity index (χ1) is 18.4. The van der Waals surface area contributed by atoms with Crippen LogP contribution in [-0.2, 0) is 14.8 Å². The van der Waals surface area contributed by atoms with Crippen LogP contribution in [-0.4, -0.2) is 49.7 Å². The average Bonchev–Trinajstić information content (AvgIpc) is 3.46. The Morgan fingerprint density at radius 3 is 2.61 bits per heavy atom. The molecule has 38 heavy (non-hydrogen) atoms. The third kappa shape index (κ3) is 5.76. The highest BCUT2D eigenvalue weighted by molar-refractivity contribution is 7.93. The van der Waals surface area contributed by atoms with Crippen LogP contribution in [0.4, 0.5) is 16.6 Å². The Balaban J connectivity index is 1.21. The molecule has 0 saturated carbocycles. The Hall–Kier alpha value is -4.03. The van der Waals surface area contributed by atoms with Gasteiger partial charge in [-0.25, -0.2) is 13.4 Å². The van der Waals surface area contributed by atoms with Crippen molar-refractivity contribution in [3.63, 3.8) is 0 Å². The molecule has 1 aliphatic heterocycles. The van der Waals surface area contributed by atoms with E-state index in [4.69, 9.17) is 4.74 Å². The molecule has 2 aromatic heterocycles. The van der Waals surface area contributed by atoms with Crippen molar-refractivity contribution in [3.8, 4) is 17.0 Å². The first-order valence-electron chi connectivity index (χ1n) is 12.0. The number of methoxy groups -OCH3 is 1. The number of para-hydroxylation sites is 1. The molecule has 2 aromatic carbocycles. The Bertz CT molecular complexity index is 1490. The van der Waals surface area contributed by atoms with Gasteiger partial charge in [0.15, 0.2) is 10.9 Å². The first-order valence-corrected chi connectivity index (χ1v) is 14.3. The molecule has 1 unspecified atom stereocenters. The molecular formula is C26H26N6O4S2. The monoisotopic (exact) mass is 550 g/mol. The van der Waals surface area contributed by atoms with Crippen LogP contribution in [0.3, 0.4) is 0 Å². The molecule has 196 valence electrons. The molecule has 3 heterocycles. The van der Waals surface area contributed by atoms with Gasteiger partial charge in [-0.2, -0.15) is 0 Å². The van der Waals surface area contributed by atoms with Gasteiger partial charge in [-0.15, -0.1) is 21.5 Å². The number of sulfonamides is 1. The van der Waals surface area contributed by atoms with Crippen molar-refractivity contribution in [3.05, 3.63) is 72.2 Å². The van der Waals surface area contributed by atoms with Gasteiger partial charge in [-0.05, 0) is 61.4 Å². The summed E-state index contributed by atoms with van der Waals surface area (Å²) in [6, 6.07) is 17.5. The highest BCUT2D eigenvalue weighted by atomic mass is 32.2. The van der Waals surface area contributed by atoms with E-state index >= 15 is 0 Å². The molecule has 1 aliphatic rings. The van der Waals surface area contributed by atoms with Crippen LogP contribution in [0.25, 0.3) is 11.3 Å². The molecule has 0 spiro atoms. The van der Waals surface area contributed by atoms with Gasteiger partial charge in [-0.1, -0.05) is 12.1 Å². The smallest absolute Gasteiger partial charge is 0.263 e. The van der Waals surface area contributed by atoms with Gasteiger partial charge in [-0.3, -0.25) is 9.52 Å². The Morgan fingerprint density at radius 1 is 1.08 bits per heavy atom. The van der Waals surface area contributed by atoms with Crippen LogP contribution in [0.2, 0.25) is 0 Å². The van der Waals surface area contributed by atoms with E-state index in [2.05, 4.69) is 30.1 Å². The molecule has 1 amide bonds. The number of benzene rings is 2. The van der Waals surface area contributed by atoms with Gasteiger partial charge in [0.25, 0.3) is 10.0 Å². The van der Waals surface area contributed by atoms with E-state index in [0.29, 0.717) is 28.9 Å². The van der Waals surface area contributed by atoms with Gasteiger partial charge in [0, 0.05) is 35.9 Å². The van der Waals surface area contributed by atoms with E-state index in [9.17, 15) is 13.2 Å². The third-order valence-corrected chi connectivity index (χ3v) is 8.41. The second-order valence-electron chi connectivity index (χ2n) is 8.72. The maximum absolute atomic E-state index is 13.0. The number of rotatable bonds is 8. The summed E-state index contributed by atoms with van der Waals surface area (Å²) < 4.78 is 32.9. The summed E-state index contributed by atoms with van der Waals surface area (Å²) in [5.41, 5.74) is 2.11. The number of aromatic nitrogens is 3. The van der Waals surface area contributed by atoms with E-state index in [-0.39, 0.29) is 16.7 Å². The summed E-state index contributed by atoms with van der Waals surface area (Å²) in [4.78, 5) is 19.1. The normalized spacial score (nSPS) is 15.6. The van der Waals surface area contributed by atoms with Crippen molar-refractivity contribution in [1.29, 1.82) is 0 Å². The number of carbonyl (C=O) groups is 1. The van der Waals surface area contributed by atoms with Gasteiger partial charge >= 0.3 is 0 Å². The van der Waals surface area contributed by atoms with Gasteiger partial charge < -0.3 is 15.0 Å². The largest absolute Gasteiger partial charge is 0.496 e. The second-order valence-corrected chi connectivity index (χ2v) is 11.3. The number of piperidine rings is 1. The molecule has 0 radical (unpaired) electrons. The fourth-order valence-corrected chi connectivity index (χ4v) is 6.09. The van der Waals surface area contributed by atoms with Crippen molar-refractivity contribution >= 4 is 43.9 Å². The van der Waals surface area contributed by atoms with Crippen LogP contribution in [0.1, 0.15) is 12.8 Å². The van der Waals surface area contributed by atoms with Crippen molar-refractivity contribution < 1.29 is 17.9 Å². The van der Waals surface area contributed by atoms with Crippen LogP contribution < -0.4 is 19.7 Å². The molecular weight excluding hydrogens is 524 g/mol. The number of amides is 1. The topological polar surface area (TPSA) is 126 Å². The van der Waals surface area contributed by atoms with E-state index in [0.717, 1.165) is 30.7 Å². The molecule has 1 saturated heterocycles. The number of nitrogens with one attached hydrogen (secondary N) is 2. The standard InChI is InChI=1S/C26H26N6O4S2/c1-36-23-7-3-2-6-21(23)22-12-13-24(30-29-22)32-15-4-5-18(17-32)25(33)28-19-8-10-20(11-9-19)38(34,35)31-26-27-14-16-37-26/h2-3,6-14,16,18H,4-5,15,17H2,1H3,(H,27,31)(H,28,33). The zero-order valence-electron chi connectivity index (χ0n) is 20.6. The molecule has 0 bridgehead atoms. The average molecular weight is 551 g/mol. The Labute approximate surface area is 224 Å². The lowest BCUT2D eigenvalue weighted by molar-refractivity contribution is -0.120. The minimum atomic E-state index is -3.75. The second kappa shape index (κ2) is 11.2. The summed E-state index contributed by atoms with van der Waals surface area (Å²) in [5, 5.41) is 13.7. The number of nitrogens with zero attached hydrogens (tertiary/aromatic N) is 4. The van der Waals surface area contributed by atoms with Crippen LogP contribution >= 0.6 is 11.3 Å². The molecule has 5 rings (SSSR count). The lowest BCUT2D eigenvalue weighted by Gasteiger charge is -2.32. The number of hydrogen-bond donors (Lipinski definition) is 2. The molecule has 4 aromatic rings. The van der Waals surface area contributed by atoms with Crippen molar-refractivity contribution in [1.82, 2.24) is 15.2 Å². The first kappa shape index (κ1) is 25.6. The fourth-order valence-electron chi connectivity index (χ4n) is 4.30. The fraction of sp³-hybridized carbons (Fsp3) is 0.231. The molecule has 1 fully saturated rings. The summed E-state index contributed by atoms with van der Waals surface area (Å²) in [5.74, 6) is 1.08. The predicted octanol–water partition coefficient (Wildman–Crippen LogP) is 4.26. The lowest BCUT2D eigenvalue weighted by atomic mass is 9.97. The van der Waals surface area contributed by atoms with Gasteiger partial charge in [0.05, 0.1) is 23.6 Å². The number of thiazole rings is 1. The molecule has 2 N–H and O–H groups in total. The minimum absolute atomic E-state index is 0.0877. The van der Waals surface area contributed by atoms with E-state index < -0.39 is 10.0 Å². The summed E-state index contributed by atoms with van der Waals surface area (Å²) in [6.07, 6.45) is 3.12. The molecule has 0 aliphatic carbocycles. The maximum atomic E-state index is 13.0. The van der Waals surface area contributed by atoms with E-state index in [1.54, 1.807) is 24.6 Å². The van der Waals surface area contributed by atoms with E-state index in [1.807, 2.05) is 36.4 Å². The Kier molecular flexibility index (Phi) is 7.52. The van der Waals surface area contributed by atoms with Crippen molar-refractivity contribution in [2.75, 3.05) is 35.1 Å².